The number of likely N-dealkylation sites (tertiary alicyclic amines) is 1. The van der Waals surface area contributed by atoms with Crippen LogP contribution in [0.1, 0.15) is 51.4 Å². The van der Waals surface area contributed by atoms with E-state index in [1.807, 2.05) is 34.6 Å². The highest BCUT2D eigenvalue weighted by Gasteiger charge is 2.39. The molecule has 3 unspecified atom stereocenters. The number of fused-ring (bicyclic) bond motifs is 1. The number of amides is 1. The standard InChI is InChI=1S/C21H30N2O2S/c24-21(23-14-6-8-17-7-4-5-11-20(17)23)18-12-15-22(16-13-18)26(25)19-9-2-1-3-10-19/h1-3,9-10,17-18,20H,4-8,11-16H2. The van der Waals surface area contributed by atoms with Gasteiger partial charge in [-0.15, -0.1) is 4.31 Å². The quantitative estimate of drug-likeness (QED) is 0.760. The minimum absolute atomic E-state index is 0.125. The molecule has 3 fully saturated rings. The van der Waals surface area contributed by atoms with Crippen LogP contribution in [0.25, 0.3) is 0 Å². The molecule has 0 radical (unpaired) electrons. The summed E-state index contributed by atoms with van der Waals surface area (Å²) in [6.07, 6.45) is 9.28. The summed E-state index contributed by atoms with van der Waals surface area (Å²) in [5.74, 6) is 1.25. The Labute approximate surface area is 160 Å². The molecule has 5 heteroatoms. The number of benzene rings is 1. The monoisotopic (exact) mass is 374 g/mol. The van der Waals surface area contributed by atoms with Crippen LogP contribution in [0.2, 0.25) is 0 Å². The Morgan fingerprint density at radius 3 is 2.38 bits per heavy atom. The summed E-state index contributed by atoms with van der Waals surface area (Å²) in [7, 11) is 0. The Morgan fingerprint density at radius 2 is 1.62 bits per heavy atom. The third-order valence-electron chi connectivity index (χ3n) is 6.51. The average Bonchev–Trinajstić information content (AvgIpc) is 2.73. The predicted molar refractivity (Wildman–Crippen MR) is 104 cm³/mol. The van der Waals surface area contributed by atoms with E-state index in [1.54, 1.807) is 0 Å². The minimum Gasteiger partial charge on any atom is -0.593 e. The number of rotatable bonds is 3. The molecule has 2 saturated heterocycles. The fourth-order valence-corrected chi connectivity index (χ4v) is 6.32. The van der Waals surface area contributed by atoms with Crippen molar-refractivity contribution in [3.05, 3.63) is 30.3 Å². The van der Waals surface area contributed by atoms with Crippen LogP contribution in [0.3, 0.4) is 0 Å². The maximum atomic E-state index is 13.2. The van der Waals surface area contributed by atoms with Gasteiger partial charge in [0.05, 0.1) is 11.4 Å². The summed E-state index contributed by atoms with van der Waals surface area (Å²) in [6.45, 7) is 2.45. The van der Waals surface area contributed by atoms with Crippen molar-refractivity contribution in [3.8, 4) is 0 Å². The molecule has 142 valence electrons. The van der Waals surface area contributed by atoms with Gasteiger partial charge in [-0.3, -0.25) is 4.79 Å². The molecule has 0 bridgehead atoms. The van der Waals surface area contributed by atoms with Crippen LogP contribution >= 0.6 is 0 Å². The van der Waals surface area contributed by atoms with E-state index in [9.17, 15) is 9.35 Å². The second-order valence-corrected chi connectivity index (χ2v) is 9.54. The zero-order chi connectivity index (χ0) is 17.9. The molecule has 2 aliphatic heterocycles. The zero-order valence-electron chi connectivity index (χ0n) is 15.5. The molecule has 1 saturated carbocycles. The highest BCUT2D eigenvalue weighted by molar-refractivity contribution is 7.89. The molecule has 1 aliphatic carbocycles. The van der Waals surface area contributed by atoms with E-state index >= 15 is 0 Å². The van der Waals surface area contributed by atoms with E-state index in [0.29, 0.717) is 11.9 Å². The molecule has 0 spiro atoms. The maximum absolute atomic E-state index is 13.2. The van der Waals surface area contributed by atoms with Crippen LogP contribution in [0.4, 0.5) is 0 Å². The highest BCUT2D eigenvalue weighted by Crippen LogP contribution is 2.37. The number of hydrogen-bond donors (Lipinski definition) is 0. The van der Waals surface area contributed by atoms with E-state index in [-0.39, 0.29) is 5.92 Å². The van der Waals surface area contributed by atoms with Gasteiger partial charge >= 0.3 is 0 Å². The minimum atomic E-state index is -1.10. The Bertz CT molecular complexity index is 601. The maximum Gasteiger partial charge on any atom is 0.226 e. The number of carbonyl (C=O) groups is 1. The molecule has 3 aliphatic rings. The molecule has 26 heavy (non-hydrogen) atoms. The number of carbonyl (C=O) groups excluding carboxylic acids is 1. The van der Waals surface area contributed by atoms with Crippen LogP contribution in [0, 0.1) is 11.8 Å². The summed E-state index contributed by atoms with van der Waals surface area (Å²) < 4.78 is 14.7. The highest BCUT2D eigenvalue weighted by atomic mass is 32.2. The molecule has 0 aromatic heterocycles. The second kappa shape index (κ2) is 8.32. The van der Waals surface area contributed by atoms with Gasteiger partial charge in [0.1, 0.15) is 0 Å². The SMILES string of the molecule is O=C(C1CCN([S+]([O-])c2ccccc2)CC1)N1CCCC2CCCCC21. The van der Waals surface area contributed by atoms with Crippen molar-refractivity contribution < 1.29 is 9.35 Å². The average molecular weight is 375 g/mol. The number of piperidine rings is 2. The largest absolute Gasteiger partial charge is 0.593 e. The third kappa shape index (κ3) is 3.80. The first kappa shape index (κ1) is 18.3. The molecule has 2 heterocycles. The van der Waals surface area contributed by atoms with Crippen LogP contribution in [0.15, 0.2) is 35.2 Å². The Balaban J connectivity index is 1.34. The molecular formula is C21H30N2O2S. The molecule has 1 aromatic carbocycles. The van der Waals surface area contributed by atoms with Crippen LogP contribution in [-0.4, -0.2) is 45.3 Å². The van der Waals surface area contributed by atoms with Gasteiger partial charge in [0.2, 0.25) is 5.91 Å². The molecule has 1 aromatic rings. The van der Waals surface area contributed by atoms with Crippen molar-refractivity contribution >= 4 is 17.3 Å². The van der Waals surface area contributed by atoms with E-state index < -0.39 is 11.4 Å². The van der Waals surface area contributed by atoms with Crippen molar-refractivity contribution in [2.24, 2.45) is 11.8 Å². The van der Waals surface area contributed by atoms with Gasteiger partial charge in [0, 0.05) is 31.6 Å². The van der Waals surface area contributed by atoms with Gasteiger partial charge in [-0.1, -0.05) is 31.0 Å². The lowest BCUT2D eigenvalue weighted by molar-refractivity contribution is -0.143. The molecule has 4 nitrogen and oxygen atoms in total. The van der Waals surface area contributed by atoms with Crippen LogP contribution in [-0.2, 0) is 16.2 Å². The molecule has 0 N–H and O–H groups in total. The van der Waals surface area contributed by atoms with Crippen molar-refractivity contribution in [1.29, 1.82) is 0 Å². The molecule has 3 atom stereocenters. The normalized spacial score (nSPS) is 29.2. The summed E-state index contributed by atoms with van der Waals surface area (Å²) in [6, 6.07) is 10.2. The lowest BCUT2D eigenvalue weighted by atomic mass is 9.77. The lowest BCUT2D eigenvalue weighted by Crippen LogP contribution is -2.53. The Kier molecular flexibility index (Phi) is 5.87. The van der Waals surface area contributed by atoms with Crippen molar-refractivity contribution in [1.82, 2.24) is 9.21 Å². The van der Waals surface area contributed by atoms with Gasteiger partial charge in [-0.2, -0.15) is 0 Å². The van der Waals surface area contributed by atoms with Crippen LogP contribution in [0.5, 0.6) is 0 Å². The number of hydrogen-bond acceptors (Lipinski definition) is 3. The predicted octanol–water partition coefficient (Wildman–Crippen LogP) is 3.60. The molecule has 4 rings (SSSR count). The molecule has 1 amide bonds. The smallest absolute Gasteiger partial charge is 0.226 e. The van der Waals surface area contributed by atoms with Gasteiger partial charge in [0.25, 0.3) is 0 Å². The van der Waals surface area contributed by atoms with E-state index in [0.717, 1.165) is 43.3 Å². The van der Waals surface area contributed by atoms with Crippen molar-refractivity contribution in [3.63, 3.8) is 0 Å². The fourth-order valence-electron chi connectivity index (χ4n) is 5.09. The first-order valence-corrected chi connectivity index (χ1v) is 11.4. The summed E-state index contributed by atoms with van der Waals surface area (Å²) in [4.78, 5) is 16.3. The van der Waals surface area contributed by atoms with Gasteiger partial charge in [0.15, 0.2) is 4.90 Å². The van der Waals surface area contributed by atoms with E-state index in [4.69, 9.17) is 0 Å². The Hall–Kier alpha value is -1.04. The second-order valence-electron chi connectivity index (χ2n) is 8.05. The van der Waals surface area contributed by atoms with Crippen molar-refractivity contribution in [2.75, 3.05) is 19.6 Å². The zero-order valence-corrected chi connectivity index (χ0v) is 16.3. The summed E-state index contributed by atoms with van der Waals surface area (Å²) >= 11 is -1.10. The lowest BCUT2D eigenvalue weighted by Gasteiger charge is -2.46. The third-order valence-corrected chi connectivity index (χ3v) is 8.02. The van der Waals surface area contributed by atoms with E-state index in [1.165, 1.54) is 38.5 Å². The number of nitrogens with zero attached hydrogens (tertiary/aromatic N) is 2. The van der Waals surface area contributed by atoms with E-state index in [2.05, 4.69) is 4.90 Å². The van der Waals surface area contributed by atoms with Crippen molar-refractivity contribution in [2.45, 2.75) is 62.3 Å². The van der Waals surface area contributed by atoms with Crippen LogP contribution < -0.4 is 0 Å². The Morgan fingerprint density at radius 1 is 0.923 bits per heavy atom. The summed E-state index contributed by atoms with van der Waals surface area (Å²) in [5, 5.41) is 0. The summed E-state index contributed by atoms with van der Waals surface area (Å²) in [5.41, 5.74) is 0. The fraction of sp³-hybridized carbons (Fsp3) is 0.667. The topological polar surface area (TPSA) is 46.6 Å². The molecular weight excluding hydrogens is 344 g/mol. The first-order chi connectivity index (χ1) is 12.7. The van der Waals surface area contributed by atoms with Gasteiger partial charge in [-0.05, 0) is 56.6 Å². The van der Waals surface area contributed by atoms with Gasteiger partial charge < -0.3 is 9.45 Å². The van der Waals surface area contributed by atoms with Gasteiger partial charge in [-0.25, -0.2) is 0 Å². The first-order valence-electron chi connectivity index (χ1n) is 10.3.